The second kappa shape index (κ2) is 11.7. The number of hydrogen-bond acceptors (Lipinski definition) is 12. The number of carbonyl (C=O) groups is 3. The molecule has 0 spiro atoms. The van der Waals surface area contributed by atoms with Crippen molar-refractivity contribution in [1.29, 1.82) is 0 Å². The normalized spacial score (nSPS) is 23.3. The van der Waals surface area contributed by atoms with Crippen molar-refractivity contribution in [3.8, 4) is 23.0 Å². The molecular weight excluding hydrogens is 504 g/mol. The van der Waals surface area contributed by atoms with Gasteiger partial charge in [-0.2, -0.15) is 0 Å². The molecule has 38 heavy (non-hydrogen) atoms. The number of aromatic hydroxyl groups is 4. The van der Waals surface area contributed by atoms with E-state index in [0.29, 0.717) is 11.1 Å². The van der Waals surface area contributed by atoms with Crippen molar-refractivity contribution in [3.63, 3.8) is 0 Å². The van der Waals surface area contributed by atoms with Crippen LogP contribution in [0.2, 0.25) is 0 Å². The van der Waals surface area contributed by atoms with Crippen LogP contribution in [0.1, 0.15) is 24.0 Å². The summed E-state index contributed by atoms with van der Waals surface area (Å²) >= 11 is 0. The predicted molar refractivity (Wildman–Crippen MR) is 130 cm³/mol. The molecule has 0 amide bonds. The summed E-state index contributed by atoms with van der Waals surface area (Å²) in [5.41, 5.74) is -1.55. The van der Waals surface area contributed by atoms with Crippen LogP contribution < -0.4 is 0 Å². The average Bonchev–Trinajstić information content (AvgIpc) is 2.87. The molecule has 0 bridgehead atoms. The van der Waals surface area contributed by atoms with E-state index in [2.05, 4.69) is 4.74 Å². The Kier molecular flexibility index (Phi) is 8.61. The smallest absolute Gasteiger partial charge is 0.338 e. The van der Waals surface area contributed by atoms with Gasteiger partial charge in [0, 0.05) is 25.0 Å². The molecule has 12 nitrogen and oxygen atoms in total. The van der Waals surface area contributed by atoms with E-state index in [1.807, 2.05) is 0 Å². The molecule has 0 radical (unpaired) electrons. The summed E-state index contributed by atoms with van der Waals surface area (Å²) in [5, 5.41) is 59.2. The number of aliphatic hydroxyl groups is 2. The zero-order valence-electron chi connectivity index (χ0n) is 20.1. The molecule has 1 fully saturated rings. The lowest BCUT2D eigenvalue weighted by Gasteiger charge is -2.41. The number of phenolic OH excluding ortho intramolecular Hbond substituents is 4. The molecule has 0 aliphatic heterocycles. The maximum Gasteiger partial charge on any atom is 0.338 e. The Labute approximate surface area is 216 Å². The van der Waals surface area contributed by atoms with Crippen molar-refractivity contribution in [2.45, 2.75) is 36.8 Å². The third kappa shape index (κ3) is 6.81. The fourth-order valence-electron chi connectivity index (χ4n) is 3.84. The van der Waals surface area contributed by atoms with Gasteiger partial charge in [0.15, 0.2) is 34.7 Å². The molecule has 3 rings (SSSR count). The predicted octanol–water partition coefficient (Wildman–Crippen LogP) is 1.12. The van der Waals surface area contributed by atoms with E-state index >= 15 is 0 Å². The Morgan fingerprint density at radius 2 is 1.32 bits per heavy atom. The average molecular weight is 530 g/mol. The van der Waals surface area contributed by atoms with Gasteiger partial charge in [0.05, 0.1) is 13.2 Å². The van der Waals surface area contributed by atoms with Gasteiger partial charge in [-0.25, -0.2) is 14.4 Å². The molecule has 2 aromatic rings. The minimum absolute atomic E-state index is 0.334. The number of esters is 3. The van der Waals surface area contributed by atoms with Gasteiger partial charge in [-0.1, -0.05) is 12.1 Å². The number of carbonyl (C=O) groups excluding carboxylic acids is 3. The van der Waals surface area contributed by atoms with Gasteiger partial charge in [0.25, 0.3) is 0 Å². The van der Waals surface area contributed by atoms with E-state index in [1.165, 1.54) is 48.6 Å². The van der Waals surface area contributed by atoms with Gasteiger partial charge in [-0.05, 0) is 47.5 Å². The minimum atomic E-state index is -2.23. The number of aliphatic hydroxyl groups excluding tert-OH is 1. The van der Waals surface area contributed by atoms with Crippen LogP contribution in [0.25, 0.3) is 12.2 Å². The largest absolute Gasteiger partial charge is 0.504 e. The van der Waals surface area contributed by atoms with Gasteiger partial charge >= 0.3 is 17.9 Å². The van der Waals surface area contributed by atoms with Crippen LogP contribution in [0.3, 0.4) is 0 Å². The Balaban J connectivity index is 1.77. The molecule has 1 aliphatic carbocycles. The van der Waals surface area contributed by atoms with E-state index < -0.39 is 66.2 Å². The second-order valence-corrected chi connectivity index (χ2v) is 8.54. The highest BCUT2D eigenvalue weighted by Crippen LogP contribution is 2.34. The molecule has 202 valence electrons. The van der Waals surface area contributed by atoms with E-state index in [-0.39, 0.29) is 11.5 Å². The van der Waals surface area contributed by atoms with Crippen LogP contribution in [-0.2, 0) is 28.6 Å². The molecule has 12 heteroatoms. The lowest BCUT2D eigenvalue weighted by atomic mass is 9.79. The molecule has 0 saturated heterocycles. The lowest BCUT2D eigenvalue weighted by molar-refractivity contribution is -0.206. The Morgan fingerprint density at radius 1 is 0.816 bits per heavy atom. The van der Waals surface area contributed by atoms with Crippen LogP contribution in [0.15, 0.2) is 48.6 Å². The topological polar surface area (TPSA) is 200 Å². The van der Waals surface area contributed by atoms with Crippen molar-refractivity contribution in [2.24, 2.45) is 0 Å². The number of ether oxygens (including phenoxy) is 3. The molecule has 2 aromatic carbocycles. The minimum Gasteiger partial charge on any atom is -0.504 e. The van der Waals surface area contributed by atoms with E-state index in [9.17, 15) is 45.0 Å². The second-order valence-electron chi connectivity index (χ2n) is 8.54. The highest BCUT2D eigenvalue weighted by atomic mass is 16.6. The van der Waals surface area contributed by atoms with E-state index in [1.54, 1.807) is 0 Å². The first-order valence-electron chi connectivity index (χ1n) is 11.2. The van der Waals surface area contributed by atoms with Gasteiger partial charge < -0.3 is 44.8 Å². The third-order valence-corrected chi connectivity index (χ3v) is 5.74. The third-order valence-electron chi connectivity index (χ3n) is 5.74. The Morgan fingerprint density at radius 3 is 1.79 bits per heavy atom. The Hall–Kier alpha value is -4.55. The fraction of sp³-hybridized carbons (Fsp3) is 0.269. The highest BCUT2D eigenvalue weighted by molar-refractivity contribution is 5.88. The first-order chi connectivity index (χ1) is 17.9. The van der Waals surface area contributed by atoms with Crippen LogP contribution >= 0.6 is 0 Å². The van der Waals surface area contributed by atoms with Crippen molar-refractivity contribution in [3.05, 3.63) is 59.7 Å². The number of benzene rings is 2. The maximum atomic E-state index is 12.5. The molecule has 4 atom stereocenters. The highest BCUT2D eigenvalue weighted by Gasteiger charge is 2.52. The molecule has 0 heterocycles. The molecule has 0 aromatic heterocycles. The van der Waals surface area contributed by atoms with Gasteiger partial charge in [0.1, 0.15) is 6.10 Å². The first-order valence-corrected chi connectivity index (χ1v) is 11.2. The van der Waals surface area contributed by atoms with Gasteiger partial charge in [-0.15, -0.1) is 0 Å². The quantitative estimate of drug-likeness (QED) is 0.129. The number of methoxy groups -OCH3 is 1. The Bertz CT molecular complexity index is 1270. The summed E-state index contributed by atoms with van der Waals surface area (Å²) in [6, 6.07) is 7.61. The molecule has 1 aliphatic rings. The van der Waals surface area contributed by atoms with Gasteiger partial charge in [-0.3, -0.25) is 0 Å². The first kappa shape index (κ1) is 28.0. The monoisotopic (exact) mass is 530 g/mol. The summed E-state index contributed by atoms with van der Waals surface area (Å²) < 4.78 is 15.2. The molecule has 0 unspecified atom stereocenters. The van der Waals surface area contributed by atoms with Crippen molar-refractivity contribution in [1.82, 2.24) is 0 Å². The lowest BCUT2D eigenvalue weighted by Crippen LogP contribution is -2.58. The molecular formula is C26H26O12. The zero-order valence-corrected chi connectivity index (χ0v) is 20.1. The molecule has 1 saturated carbocycles. The SMILES string of the molecule is COC(=O)[C@@]1(O)C[C@@H](O)[C@@H](OC(=O)/C=C/c2ccc(O)c(O)c2)[C@H](OC(=O)/C=C/c2ccc(O)c(O)c2)C1. The summed E-state index contributed by atoms with van der Waals surface area (Å²) in [6.07, 6.45) is -1.24. The number of hydrogen-bond donors (Lipinski definition) is 6. The van der Waals surface area contributed by atoms with Crippen LogP contribution in [0, 0.1) is 0 Å². The van der Waals surface area contributed by atoms with Crippen LogP contribution in [0.4, 0.5) is 0 Å². The number of phenols is 4. The molecule has 6 N–H and O–H groups in total. The number of rotatable bonds is 7. The van der Waals surface area contributed by atoms with Crippen molar-refractivity contribution >= 4 is 30.1 Å². The summed E-state index contributed by atoms with van der Waals surface area (Å²) in [5.74, 6) is -4.57. The van der Waals surface area contributed by atoms with Crippen molar-refractivity contribution in [2.75, 3.05) is 7.11 Å². The van der Waals surface area contributed by atoms with Crippen LogP contribution in [-0.4, -0.2) is 79.6 Å². The van der Waals surface area contributed by atoms with E-state index in [0.717, 1.165) is 19.3 Å². The fourth-order valence-corrected chi connectivity index (χ4v) is 3.84. The zero-order chi connectivity index (χ0) is 28.0. The summed E-state index contributed by atoms with van der Waals surface area (Å²) in [4.78, 5) is 37.1. The standard InChI is InChI=1S/C26H26O12/c1-36-25(34)26(35)12-20(31)24(38-23(33)9-5-15-3-7-17(28)19(30)11-15)21(13-26)37-22(32)8-4-14-2-6-16(27)18(29)10-14/h2-11,20-21,24,27-31,35H,12-13H2,1H3/b8-4+,9-5+/t20-,21-,24-,26-/m1/s1. The van der Waals surface area contributed by atoms with Gasteiger partial charge in [0.2, 0.25) is 0 Å². The van der Waals surface area contributed by atoms with Crippen molar-refractivity contribution < 1.29 is 59.2 Å². The van der Waals surface area contributed by atoms with Crippen LogP contribution in [0.5, 0.6) is 23.0 Å². The summed E-state index contributed by atoms with van der Waals surface area (Å²) in [6.45, 7) is 0. The maximum absolute atomic E-state index is 12.5. The van der Waals surface area contributed by atoms with E-state index in [4.69, 9.17) is 9.47 Å². The summed E-state index contributed by atoms with van der Waals surface area (Å²) in [7, 11) is 1.03.